The highest BCUT2D eigenvalue weighted by atomic mass is 16.6. The molecule has 2 aromatic carbocycles. The van der Waals surface area contributed by atoms with Gasteiger partial charge in [0.15, 0.2) is 6.10 Å². The Balaban J connectivity index is 1.46. The minimum absolute atomic E-state index is 0.0523. The predicted molar refractivity (Wildman–Crippen MR) is 105 cm³/mol. The van der Waals surface area contributed by atoms with Crippen LogP contribution in [0.3, 0.4) is 0 Å². The van der Waals surface area contributed by atoms with E-state index in [1.165, 1.54) is 0 Å². The molecule has 0 spiro atoms. The lowest BCUT2D eigenvalue weighted by atomic mass is 10.1. The molecule has 6 nitrogen and oxygen atoms in total. The van der Waals surface area contributed by atoms with Crippen LogP contribution in [0, 0.1) is 0 Å². The van der Waals surface area contributed by atoms with Crippen molar-refractivity contribution in [3.8, 4) is 5.75 Å². The number of amides is 1. The van der Waals surface area contributed by atoms with Crippen molar-refractivity contribution in [2.45, 2.75) is 38.4 Å². The molecule has 1 heterocycles. The van der Waals surface area contributed by atoms with Gasteiger partial charge in [0, 0.05) is 17.9 Å². The second kappa shape index (κ2) is 10.0. The third kappa shape index (κ3) is 5.90. The van der Waals surface area contributed by atoms with Gasteiger partial charge in [-0.15, -0.1) is 0 Å². The Bertz CT molecular complexity index is 769. The molecule has 0 aromatic heterocycles. The van der Waals surface area contributed by atoms with Crippen molar-refractivity contribution in [2.24, 2.45) is 0 Å². The fourth-order valence-electron chi connectivity index (χ4n) is 2.86. The van der Waals surface area contributed by atoms with Gasteiger partial charge in [0.1, 0.15) is 5.75 Å². The van der Waals surface area contributed by atoms with E-state index in [4.69, 9.17) is 14.2 Å². The minimum atomic E-state index is -0.678. The highest BCUT2D eigenvalue weighted by Gasteiger charge is 2.20. The third-order valence-corrected chi connectivity index (χ3v) is 4.50. The second-order valence-corrected chi connectivity index (χ2v) is 6.73. The van der Waals surface area contributed by atoms with Crippen LogP contribution in [0.15, 0.2) is 54.6 Å². The lowest BCUT2D eigenvalue weighted by Crippen LogP contribution is -2.31. The van der Waals surface area contributed by atoms with Crippen molar-refractivity contribution >= 4 is 17.6 Å². The topological polar surface area (TPSA) is 73.9 Å². The molecule has 0 saturated carbocycles. The molecule has 148 valence electrons. The summed E-state index contributed by atoms with van der Waals surface area (Å²) in [5.41, 5.74) is 1.19. The van der Waals surface area contributed by atoms with Crippen LogP contribution in [-0.4, -0.2) is 37.3 Å². The van der Waals surface area contributed by atoms with Crippen LogP contribution in [0.4, 0.5) is 5.69 Å². The van der Waals surface area contributed by atoms with Gasteiger partial charge in [-0.3, -0.25) is 4.79 Å². The Morgan fingerprint density at radius 1 is 1.11 bits per heavy atom. The van der Waals surface area contributed by atoms with E-state index in [1.807, 2.05) is 6.07 Å². The van der Waals surface area contributed by atoms with Crippen molar-refractivity contribution < 1.29 is 23.8 Å². The van der Waals surface area contributed by atoms with E-state index >= 15 is 0 Å². The third-order valence-electron chi connectivity index (χ3n) is 4.50. The summed E-state index contributed by atoms with van der Waals surface area (Å²) in [5, 5.41) is 2.80. The maximum atomic E-state index is 12.2. The largest absolute Gasteiger partial charge is 0.425 e. The number of benzene rings is 2. The molecular weight excluding hydrogens is 358 g/mol. The number of hydrogen-bond acceptors (Lipinski definition) is 5. The summed E-state index contributed by atoms with van der Waals surface area (Å²) >= 11 is 0. The van der Waals surface area contributed by atoms with Gasteiger partial charge >= 0.3 is 5.97 Å². The van der Waals surface area contributed by atoms with Crippen molar-refractivity contribution in [1.82, 2.24) is 0 Å². The zero-order valence-electron chi connectivity index (χ0n) is 15.9. The SMILES string of the molecule is CC(OCC1CCCCO1)C(=O)Oc1ccc(NC(=O)c2ccccc2)cc1. The van der Waals surface area contributed by atoms with Gasteiger partial charge < -0.3 is 19.5 Å². The van der Waals surface area contributed by atoms with Crippen LogP contribution in [0.2, 0.25) is 0 Å². The molecule has 1 N–H and O–H groups in total. The summed E-state index contributed by atoms with van der Waals surface area (Å²) in [5.74, 6) is -0.263. The summed E-state index contributed by atoms with van der Waals surface area (Å²) in [6.07, 6.45) is 2.54. The van der Waals surface area contributed by atoms with Gasteiger partial charge in [-0.1, -0.05) is 18.2 Å². The van der Waals surface area contributed by atoms with E-state index in [-0.39, 0.29) is 12.0 Å². The fourth-order valence-corrected chi connectivity index (χ4v) is 2.86. The molecule has 3 rings (SSSR count). The average molecular weight is 383 g/mol. The van der Waals surface area contributed by atoms with E-state index in [0.717, 1.165) is 25.9 Å². The van der Waals surface area contributed by atoms with Crippen LogP contribution in [-0.2, 0) is 14.3 Å². The highest BCUT2D eigenvalue weighted by molar-refractivity contribution is 6.04. The fraction of sp³-hybridized carbons (Fsp3) is 0.364. The minimum Gasteiger partial charge on any atom is -0.425 e. The normalized spacial score (nSPS) is 17.5. The quantitative estimate of drug-likeness (QED) is 0.581. The van der Waals surface area contributed by atoms with E-state index in [0.29, 0.717) is 23.6 Å². The molecule has 1 aliphatic heterocycles. The standard InChI is InChI=1S/C22H25NO5/c1-16(27-15-20-9-5-6-14-26-20)22(25)28-19-12-10-18(11-13-19)23-21(24)17-7-3-2-4-8-17/h2-4,7-8,10-13,16,20H,5-6,9,14-15H2,1H3,(H,23,24). The number of ether oxygens (including phenoxy) is 3. The maximum absolute atomic E-state index is 12.2. The van der Waals surface area contributed by atoms with Gasteiger partial charge in [-0.2, -0.15) is 0 Å². The van der Waals surface area contributed by atoms with Gasteiger partial charge in [0.2, 0.25) is 0 Å². The molecule has 2 aromatic rings. The average Bonchev–Trinajstić information content (AvgIpc) is 2.74. The molecule has 0 aliphatic carbocycles. The summed E-state index contributed by atoms with van der Waals surface area (Å²) in [6.45, 7) is 2.81. The first kappa shape index (κ1) is 20.0. The molecule has 1 fully saturated rings. The summed E-state index contributed by atoms with van der Waals surface area (Å²) < 4.78 is 16.5. The number of hydrogen-bond donors (Lipinski definition) is 1. The van der Waals surface area contributed by atoms with E-state index in [2.05, 4.69) is 5.32 Å². The van der Waals surface area contributed by atoms with Crippen LogP contribution in [0.5, 0.6) is 5.75 Å². The number of esters is 1. The number of carbonyl (C=O) groups excluding carboxylic acids is 2. The molecule has 1 amide bonds. The van der Waals surface area contributed by atoms with Crippen LogP contribution in [0.25, 0.3) is 0 Å². The number of nitrogens with one attached hydrogen (secondary N) is 1. The van der Waals surface area contributed by atoms with Crippen LogP contribution in [0.1, 0.15) is 36.5 Å². The molecule has 2 unspecified atom stereocenters. The van der Waals surface area contributed by atoms with Crippen molar-refractivity contribution in [1.29, 1.82) is 0 Å². The predicted octanol–water partition coefficient (Wildman–Crippen LogP) is 3.82. The van der Waals surface area contributed by atoms with Gasteiger partial charge in [0.25, 0.3) is 5.91 Å². The molecule has 1 saturated heterocycles. The van der Waals surface area contributed by atoms with Crippen LogP contribution < -0.4 is 10.1 Å². The van der Waals surface area contributed by atoms with E-state index < -0.39 is 12.1 Å². The van der Waals surface area contributed by atoms with Gasteiger partial charge in [0.05, 0.1) is 12.7 Å². The molecule has 0 bridgehead atoms. The first-order valence-electron chi connectivity index (χ1n) is 9.53. The van der Waals surface area contributed by atoms with E-state index in [1.54, 1.807) is 55.5 Å². The Morgan fingerprint density at radius 2 is 1.86 bits per heavy atom. The highest BCUT2D eigenvalue weighted by Crippen LogP contribution is 2.18. The number of anilines is 1. The smallest absolute Gasteiger partial charge is 0.340 e. The number of rotatable bonds is 7. The molecule has 28 heavy (non-hydrogen) atoms. The first-order chi connectivity index (χ1) is 13.6. The van der Waals surface area contributed by atoms with Gasteiger partial charge in [-0.25, -0.2) is 4.79 Å². The Labute approximate surface area is 164 Å². The zero-order valence-corrected chi connectivity index (χ0v) is 15.9. The van der Waals surface area contributed by atoms with Crippen LogP contribution >= 0.6 is 0 Å². The Morgan fingerprint density at radius 3 is 2.54 bits per heavy atom. The zero-order chi connectivity index (χ0) is 19.8. The monoisotopic (exact) mass is 383 g/mol. The summed E-state index contributed by atoms with van der Waals surface area (Å²) in [6, 6.07) is 15.6. The molecule has 0 radical (unpaired) electrons. The molecule has 6 heteroatoms. The Hall–Kier alpha value is -2.70. The van der Waals surface area contributed by atoms with Crippen molar-refractivity contribution in [2.75, 3.05) is 18.5 Å². The van der Waals surface area contributed by atoms with E-state index in [9.17, 15) is 9.59 Å². The summed E-state index contributed by atoms with van der Waals surface area (Å²) in [4.78, 5) is 24.3. The number of carbonyl (C=O) groups is 2. The van der Waals surface area contributed by atoms with Crippen molar-refractivity contribution in [3.05, 3.63) is 60.2 Å². The molecule has 2 atom stereocenters. The lowest BCUT2D eigenvalue weighted by Gasteiger charge is -2.23. The van der Waals surface area contributed by atoms with Crippen molar-refractivity contribution in [3.63, 3.8) is 0 Å². The first-order valence-corrected chi connectivity index (χ1v) is 9.53. The Kier molecular flexibility index (Phi) is 7.17. The van der Waals surface area contributed by atoms with Gasteiger partial charge in [-0.05, 0) is 62.6 Å². The molecular formula is C22H25NO5. The lowest BCUT2D eigenvalue weighted by molar-refractivity contribution is -0.149. The maximum Gasteiger partial charge on any atom is 0.340 e. The summed E-state index contributed by atoms with van der Waals surface area (Å²) in [7, 11) is 0. The molecule has 1 aliphatic rings. The second-order valence-electron chi connectivity index (χ2n) is 6.73.